The number of hydrogen-bond acceptors (Lipinski definition) is 2. The van der Waals surface area contributed by atoms with Crippen LogP contribution in [0.4, 0.5) is 4.39 Å². The second-order valence-corrected chi connectivity index (χ2v) is 6.53. The summed E-state index contributed by atoms with van der Waals surface area (Å²) in [5, 5.41) is 0. The molecule has 21 heavy (non-hydrogen) atoms. The molecule has 0 aromatic heterocycles. The Morgan fingerprint density at radius 2 is 1.90 bits per heavy atom. The number of carbonyl (C=O) groups is 1. The highest BCUT2D eigenvalue weighted by molar-refractivity contribution is 5.82. The van der Waals surface area contributed by atoms with Crippen molar-refractivity contribution in [2.75, 3.05) is 13.1 Å². The van der Waals surface area contributed by atoms with Gasteiger partial charge in [0, 0.05) is 12.5 Å². The fourth-order valence-corrected chi connectivity index (χ4v) is 4.06. The topological polar surface area (TPSA) is 20.3 Å². The van der Waals surface area contributed by atoms with Crippen molar-refractivity contribution in [3.63, 3.8) is 0 Å². The molecule has 2 nitrogen and oxygen atoms in total. The van der Waals surface area contributed by atoms with E-state index in [1.807, 2.05) is 0 Å². The van der Waals surface area contributed by atoms with Gasteiger partial charge in [0.2, 0.25) is 0 Å². The lowest BCUT2D eigenvalue weighted by Crippen LogP contribution is -2.48. The van der Waals surface area contributed by atoms with Crippen molar-refractivity contribution >= 4 is 5.78 Å². The Labute approximate surface area is 126 Å². The molecule has 1 aliphatic carbocycles. The van der Waals surface area contributed by atoms with Gasteiger partial charge in [-0.3, -0.25) is 9.69 Å². The first-order valence-corrected chi connectivity index (χ1v) is 8.23. The van der Waals surface area contributed by atoms with Crippen molar-refractivity contribution in [2.24, 2.45) is 5.92 Å². The second kappa shape index (κ2) is 6.69. The van der Waals surface area contributed by atoms with E-state index in [9.17, 15) is 9.18 Å². The summed E-state index contributed by atoms with van der Waals surface area (Å²) < 4.78 is 13.6. The summed E-state index contributed by atoms with van der Waals surface area (Å²) in [6.07, 6.45) is 7.94. The Kier molecular flexibility index (Phi) is 4.69. The number of fused-ring (bicyclic) bond motifs is 1. The van der Waals surface area contributed by atoms with E-state index in [-0.39, 0.29) is 18.0 Å². The largest absolute Gasteiger partial charge is 0.298 e. The highest BCUT2D eigenvalue weighted by Crippen LogP contribution is 2.35. The Balaban J connectivity index is 1.60. The number of piperidine rings is 1. The number of rotatable bonds is 4. The minimum Gasteiger partial charge on any atom is -0.298 e. The van der Waals surface area contributed by atoms with E-state index in [1.165, 1.54) is 44.6 Å². The summed E-state index contributed by atoms with van der Waals surface area (Å²) in [5.74, 6) is 0.667. The number of ketones is 1. The molecule has 0 bridgehead atoms. The average Bonchev–Trinajstić information content (AvgIpc) is 2.50. The van der Waals surface area contributed by atoms with E-state index in [4.69, 9.17) is 0 Å². The van der Waals surface area contributed by atoms with Crippen LogP contribution in [0.1, 0.15) is 44.1 Å². The average molecular weight is 289 g/mol. The molecule has 114 valence electrons. The molecule has 0 radical (unpaired) electrons. The van der Waals surface area contributed by atoms with Crippen LogP contribution in [0, 0.1) is 11.7 Å². The third-order valence-electron chi connectivity index (χ3n) is 5.08. The van der Waals surface area contributed by atoms with Gasteiger partial charge in [0.25, 0.3) is 0 Å². The molecule has 3 rings (SSSR count). The zero-order valence-electron chi connectivity index (χ0n) is 12.6. The van der Waals surface area contributed by atoms with Crippen LogP contribution in [-0.4, -0.2) is 29.8 Å². The molecule has 1 aliphatic heterocycles. The van der Waals surface area contributed by atoms with Gasteiger partial charge in [0.1, 0.15) is 5.82 Å². The number of benzene rings is 1. The molecule has 1 saturated carbocycles. The number of likely N-dealkylation sites (tertiary alicyclic amines) is 1. The van der Waals surface area contributed by atoms with E-state index < -0.39 is 0 Å². The van der Waals surface area contributed by atoms with Gasteiger partial charge in [-0.1, -0.05) is 31.0 Å². The van der Waals surface area contributed by atoms with Gasteiger partial charge in [-0.05, 0) is 49.8 Å². The van der Waals surface area contributed by atoms with Gasteiger partial charge >= 0.3 is 0 Å². The summed E-state index contributed by atoms with van der Waals surface area (Å²) in [5.41, 5.74) is 0.528. The molecule has 3 heteroatoms. The number of carbonyl (C=O) groups excluding carboxylic acids is 1. The molecule has 2 aliphatic rings. The minimum absolute atomic E-state index is 0.145. The van der Waals surface area contributed by atoms with Crippen molar-refractivity contribution in [1.82, 2.24) is 4.90 Å². The smallest absolute Gasteiger partial charge is 0.151 e. The van der Waals surface area contributed by atoms with Crippen LogP contribution in [0.15, 0.2) is 24.3 Å². The SMILES string of the molecule is O=C(Cc1ccccc1F)CN1CCC[C@H]2CCCC[C@H]21. The Morgan fingerprint density at radius 1 is 1.14 bits per heavy atom. The fourth-order valence-electron chi connectivity index (χ4n) is 4.06. The Bertz CT molecular complexity index is 500. The van der Waals surface area contributed by atoms with Crippen LogP contribution in [0.2, 0.25) is 0 Å². The van der Waals surface area contributed by atoms with Crippen molar-refractivity contribution < 1.29 is 9.18 Å². The molecule has 1 aromatic rings. The first kappa shape index (κ1) is 14.7. The fraction of sp³-hybridized carbons (Fsp3) is 0.611. The van der Waals surface area contributed by atoms with Crippen molar-refractivity contribution in [2.45, 2.75) is 51.0 Å². The summed E-state index contributed by atoms with van der Waals surface area (Å²) in [6.45, 7) is 1.53. The standard InChI is InChI=1S/C18H24FNO/c19-17-9-3-1-7-15(17)12-16(21)13-20-11-5-8-14-6-2-4-10-18(14)20/h1,3,7,9,14,18H,2,4-6,8,10-13H2/t14-,18-/m1/s1. The van der Waals surface area contributed by atoms with Gasteiger partial charge < -0.3 is 0 Å². The highest BCUT2D eigenvalue weighted by atomic mass is 19.1. The van der Waals surface area contributed by atoms with E-state index in [1.54, 1.807) is 18.2 Å². The van der Waals surface area contributed by atoms with E-state index in [0.29, 0.717) is 18.2 Å². The summed E-state index contributed by atoms with van der Waals surface area (Å²) in [6, 6.07) is 7.20. The van der Waals surface area contributed by atoms with E-state index in [2.05, 4.69) is 4.90 Å². The third-order valence-corrected chi connectivity index (χ3v) is 5.08. The summed E-state index contributed by atoms with van der Waals surface area (Å²) in [4.78, 5) is 14.7. The molecule has 0 unspecified atom stereocenters. The summed E-state index contributed by atoms with van der Waals surface area (Å²) in [7, 11) is 0. The number of nitrogens with zero attached hydrogens (tertiary/aromatic N) is 1. The molecule has 0 spiro atoms. The lowest BCUT2D eigenvalue weighted by Gasteiger charge is -2.43. The zero-order chi connectivity index (χ0) is 14.7. The molecule has 1 saturated heterocycles. The first-order valence-electron chi connectivity index (χ1n) is 8.23. The van der Waals surface area contributed by atoms with Gasteiger partial charge in [0.15, 0.2) is 5.78 Å². The molecule has 1 heterocycles. The van der Waals surface area contributed by atoms with Gasteiger partial charge in [0.05, 0.1) is 6.54 Å². The Hall–Kier alpha value is -1.22. The zero-order valence-corrected chi connectivity index (χ0v) is 12.6. The second-order valence-electron chi connectivity index (χ2n) is 6.53. The van der Waals surface area contributed by atoms with Crippen LogP contribution in [0.25, 0.3) is 0 Å². The lowest BCUT2D eigenvalue weighted by molar-refractivity contribution is -0.121. The van der Waals surface area contributed by atoms with Crippen molar-refractivity contribution in [1.29, 1.82) is 0 Å². The van der Waals surface area contributed by atoms with E-state index in [0.717, 1.165) is 12.5 Å². The van der Waals surface area contributed by atoms with Crippen LogP contribution in [0.5, 0.6) is 0 Å². The molecule has 0 N–H and O–H groups in total. The highest BCUT2D eigenvalue weighted by Gasteiger charge is 2.33. The van der Waals surface area contributed by atoms with Gasteiger partial charge in [-0.15, -0.1) is 0 Å². The number of Topliss-reactive ketones (excluding diaryl/α,β-unsaturated/α-hetero) is 1. The van der Waals surface area contributed by atoms with Crippen molar-refractivity contribution in [3.05, 3.63) is 35.6 Å². The molecular formula is C18H24FNO. The molecule has 2 fully saturated rings. The predicted molar refractivity (Wildman–Crippen MR) is 81.7 cm³/mol. The predicted octanol–water partition coefficient (Wildman–Crippen LogP) is 3.59. The van der Waals surface area contributed by atoms with Crippen LogP contribution in [-0.2, 0) is 11.2 Å². The van der Waals surface area contributed by atoms with Crippen LogP contribution < -0.4 is 0 Å². The monoisotopic (exact) mass is 289 g/mol. The Morgan fingerprint density at radius 3 is 2.76 bits per heavy atom. The van der Waals surface area contributed by atoms with E-state index >= 15 is 0 Å². The first-order chi connectivity index (χ1) is 10.2. The normalized spacial score (nSPS) is 26.3. The van der Waals surface area contributed by atoms with Gasteiger partial charge in [-0.2, -0.15) is 0 Å². The van der Waals surface area contributed by atoms with Gasteiger partial charge in [-0.25, -0.2) is 4.39 Å². The quantitative estimate of drug-likeness (QED) is 0.844. The van der Waals surface area contributed by atoms with Crippen LogP contribution >= 0.6 is 0 Å². The van der Waals surface area contributed by atoms with Crippen molar-refractivity contribution in [3.8, 4) is 0 Å². The molecular weight excluding hydrogens is 265 g/mol. The van der Waals surface area contributed by atoms with Crippen LogP contribution in [0.3, 0.4) is 0 Å². The molecule has 2 atom stereocenters. The molecule has 0 amide bonds. The summed E-state index contributed by atoms with van der Waals surface area (Å²) >= 11 is 0. The maximum Gasteiger partial charge on any atom is 0.151 e. The molecule has 1 aromatic carbocycles. The third kappa shape index (κ3) is 3.52. The number of halogens is 1. The minimum atomic E-state index is -0.264. The number of hydrogen-bond donors (Lipinski definition) is 0. The maximum absolute atomic E-state index is 13.6. The maximum atomic E-state index is 13.6. The lowest BCUT2D eigenvalue weighted by atomic mass is 9.78.